The summed E-state index contributed by atoms with van der Waals surface area (Å²) in [6, 6.07) is 12.0. The standard InChI is InChI=1S/C19H12Cl4O5S/c20-14-6-11(7-15(21)17(14)23)19(29(26,27)28,10-4-2-1-3-5-10)13-8-12(24)9-16(22)18(13)25/h1-9,24-25H,(H,26,27,28). The predicted molar refractivity (Wildman–Crippen MR) is 114 cm³/mol. The van der Waals surface area contributed by atoms with Crippen LogP contribution in [-0.2, 0) is 14.9 Å². The monoisotopic (exact) mass is 492 g/mol. The van der Waals surface area contributed by atoms with Crippen LogP contribution in [0.1, 0.15) is 16.7 Å². The van der Waals surface area contributed by atoms with Crippen LogP contribution in [-0.4, -0.2) is 23.2 Å². The van der Waals surface area contributed by atoms with Gasteiger partial charge in [-0.3, -0.25) is 4.55 Å². The summed E-state index contributed by atoms with van der Waals surface area (Å²) in [6.45, 7) is 0. The van der Waals surface area contributed by atoms with Crippen molar-refractivity contribution < 1.29 is 23.2 Å². The third-order valence-electron chi connectivity index (χ3n) is 4.39. The van der Waals surface area contributed by atoms with E-state index in [0.717, 1.165) is 12.1 Å². The first-order valence-corrected chi connectivity index (χ1v) is 10.8. The topological polar surface area (TPSA) is 94.8 Å². The lowest BCUT2D eigenvalue weighted by Gasteiger charge is -2.33. The molecule has 152 valence electrons. The highest BCUT2D eigenvalue weighted by Gasteiger charge is 2.51. The molecule has 0 fully saturated rings. The maximum atomic E-state index is 12.9. The number of benzene rings is 3. The van der Waals surface area contributed by atoms with E-state index in [1.54, 1.807) is 6.07 Å². The molecule has 0 bridgehead atoms. The molecule has 0 radical (unpaired) electrons. The number of hydrogen-bond acceptors (Lipinski definition) is 4. The van der Waals surface area contributed by atoms with E-state index < -0.39 is 31.9 Å². The molecule has 0 spiro atoms. The van der Waals surface area contributed by atoms with Crippen LogP contribution in [0.15, 0.2) is 54.6 Å². The Morgan fingerprint density at radius 3 is 1.83 bits per heavy atom. The van der Waals surface area contributed by atoms with Crippen LogP contribution < -0.4 is 0 Å². The third kappa shape index (κ3) is 3.65. The first-order chi connectivity index (χ1) is 13.5. The van der Waals surface area contributed by atoms with E-state index in [9.17, 15) is 23.2 Å². The fourth-order valence-electron chi connectivity index (χ4n) is 3.20. The molecule has 3 rings (SSSR count). The lowest BCUT2D eigenvalue weighted by Crippen LogP contribution is -2.38. The van der Waals surface area contributed by atoms with E-state index >= 15 is 0 Å². The van der Waals surface area contributed by atoms with Gasteiger partial charge in [0.15, 0.2) is 4.75 Å². The minimum Gasteiger partial charge on any atom is -0.508 e. The molecule has 1 atom stereocenters. The van der Waals surface area contributed by atoms with Crippen LogP contribution in [0.3, 0.4) is 0 Å². The molecule has 0 aromatic heterocycles. The molecule has 3 N–H and O–H groups in total. The largest absolute Gasteiger partial charge is 0.508 e. The molecule has 5 nitrogen and oxygen atoms in total. The van der Waals surface area contributed by atoms with Gasteiger partial charge in [0, 0.05) is 11.6 Å². The van der Waals surface area contributed by atoms with Gasteiger partial charge in [-0.1, -0.05) is 76.7 Å². The SMILES string of the molecule is O=S(=O)(O)C(c1ccccc1)(c1cc(Cl)c(Cl)c(Cl)c1)c1cc(O)cc(Cl)c1O. The quantitative estimate of drug-likeness (QED) is 0.182. The number of phenolic OH excluding ortho intramolecular Hbond substituents is 2. The summed E-state index contributed by atoms with van der Waals surface area (Å²) in [7, 11) is -5.08. The molecule has 0 aliphatic carbocycles. The van der Waals surface area contributed by atoms with E-state index in [1.807, 2.05) is 0 Å². The third-order valence-corrected chi connectivity index (χ3v) is 7.34. The lowest BCUT2D eigenvalue weighted by atomic mass is 9.83. The summed E-state index contributed by atoms with van der Waals surface area (Å²) in [4.78, 5) is 0. The number of phenols is 2. The molecule has 0 heterocycles. The Kier molecular flexibility index (Phi) is 5.98. The van der Waals surface area contributed by atoms with Gasteiger partial charge in [0.2, 0.25) is 0 Å². The summed E-state index contributed by atoms with van der Waals surface area (Å²) >= 11 is 24.2. The highest BCUT2D eigenvalue weighted by atomic mass is 35.5. The summed E-state index contributed by atoms with van der Waals surface area (Å²) in [5.74, 6) is -1.09. The molecule has 0 aliphatic rings. The Labute approximate surface area is 186 Å². The van der Waals surface area contributed by atoms with Gasteiger partial charge in [-0.05, 0) is 29.3 Å². The maximum absolute atomic E-state index is 12.9. The second-order valence-corrected chi connectivity index (χ2v) is 9.26. The van der Waals surface area contributed by atoms with Crippen molar-refractivity contribution in [1.82, 2.24) is 0 Å². The first kappa shape index (κ1) is 22.0. The van der Waals surface area contributed by atoms with Gasteiger partial charge in [-0.25, -0.2) is 0 Å². The Morgan fingerprint density at radius 2 is 1.31 bits per heavy atom. The van der Waals surface area contributed by atoms with Crippen molar-refractivity contribution in [3.63, 3.8) is 0 Å². The smallest absolute Gasteiger partial charge is 0.283 e. The van der Waals surface area contributed by atoms with E-state index in [0.29, 0.717) is 0 Å². The predicted octanol–water partition coefficient (Wildman–Crippen LogP) is 5.89. The molecule has 0 saturated carbocycles. The molecule has 3 aromatic carbocycles. The summed E-state index contributed by atoms with van der Waals surface area (Å²) in [5.41, 5.74) is -0.484. The zero-order valence-corrected chi connectivity index (χ0v) is 18.1. The zero-order valence-electron chi connectivity index (χ0n) is 14.3. The Bertz CT molecular complexity index is 1180. The molecule has 10 heteroatoms. The second-order valence-electron chi connectivity index (χ2n) is 6.10. The van der Waals surface area contributed by atoms with Crippen LogP contribution >= 0.6 is 46.4 Å². The van der Waals surface area contributed by atoms with Crippen molar-refractivity contribution >= 4 is 56.5 Å². The Balaban J connectivity index is 2.62. The van der Waals surface area contributed by atoms with Crippen molar-refractivity contribution in [3.8, 4) is 11.5 Å². The van der Waals surface area contributed by atoms with E-state index in [-0.39, 0.29) is 31.2 Å². The van der Waals surface area contributed by atoms with Gasteiger partial charge < -0.3 is 10.2 Å². The highest BCUT2D eigenvalue weighted by Crippen LogP contribution is 2.51. The fraction of sp³-hybridized carbons (Fsp3) is 0.0526. The van der Waals surface area contributed by atoms with Crippen molar-refractivity contribution in [2.45, 2.75) is 4.75 Å². The summed E-state index contributed by atoms with van der Waals surface area (Å²) < 4.78 is 33.9. The van der Waals surface area contributed by atoms with E-state index in [2.05, 4.69) is 0 Å². The molecule has 3 aromatic rings. The lowest BCUT2D eigenvalue weighted by molar-refractivity contribution is 0.435. The first-order valence-electron chi connectivity index (χ1n) is 7.89. The van der Waals surface area contributed by atoms with Crippen LogP contribution in [0.5, 0.6) is 11.5 Å². The summed E-state index contributed by atoms with van der Waals surface area (Å²) in [5, 5.41) is 20.2. The molecular weight excluding hydrogens is 482 g/mol. The van der Waals surface area contributed by atoms with Crippen LogP contribution in [0.25, 0.3) is 0 Å². The van der Waals surface area contributed by atoms with Gasteiger partial charge in [-0.2, -0.15) is 8.42 Å². The molecule has 0 saturated heterocycles. The van der Waals surface area contributed by atoms with Crippen LogP contribution in [0.4, 0.5) is 0 Å². The Hall–Kier alpha value is -1.67. The van der Waals surface area contributed by atoms with Gasteiger partial charge >= 0.3 is 0 Å². The van der Waals surface area contributed by atoms with Gasteiger partial charge in [0.1, 0.15) is 11.5 Å². The molecule has 0 aliphatic heterocycles. The van der Waals surface area contributed by atoms with Crippen LogP contribution in [0.2, 0.25) is 20.1 Å². The highest BCUT2D eigenvalue weighted by molar-refractivity contribution is 7.87. The summed E-state index contributed by atoms with van der Waals surface area (Å²) in [6.07, 6.45) is 0. The van der Waals surface area contributed by atoms with Crippen molar-refractivity contribution in [2.75, 3.05) is 0 Å². The molecule has 29 heavy (non-hydrogen) atoms. The van der Waals surface area contributed by atoms with E-state index in [1.165, 1.54) is 36.4 Å². The number of hydrogen-bond donors (Lipinski definition) is 3. The van der Waals surface area contributed by atoms with Crippen LogP contribution in [0, 0.1) is 0 Å². The van der Waals surface area contributed by atoms with Gasteiger partial charge in [0.05, 0.1) is 20.1 Å². The zero-order chi connectivity index (χ0) is 21.6. The average molecular weight is 494 g/mol. The maximum Gasteiger partial charge on any atom is 0.283 e. The van der Waals surface area contributed by atoms with Crippen molar-refractivity contribution in [2.24, 2.45) is 0 Å². The second kappa shape index (κ2) is 7.87. The van der Waals surface area contributed by atoms with E-state index in [4.69, 9.17) is 46.4 Å². The molecular formula is C19H12Cl4O5S. The molecule has 0 amide bonds. The minimum atomic E-state index is -5.08. The number of rotatable bonds is 4. The normalized spacial score (nSPS) is 13.8. The number of halogens is 4. The number of aromatic hydroxyl groups is 2. The van der Waals surface area contributed by atoms with Crippen molar-refractivity contribution in [3.05, 3.63) is 91.4 Å². The molecule has 1 unspecified atom stereocenters. The van der Waals surface area contributed by atoms with Crippen molar-refractivity contribution in [1.29, 1.82) is 0 Å². The average Bonchev–Trinajstić information content (AvgIpc) is 2.63. The minimum absolute atomic E-state index is 0.0208. The van der Waals surface area contributed by atoms with Gasteiger partial charge in [0.25, 0.3) is 10.1 Å². The fourth-order valence-corrected chi connectivity index (χ4v) is 5.29. The van der Waals surface area contributed by atoms with Gasteiger partial charge in [-0.15, -0.1) is 0 Å². The Morgan fingerprint density at radius 1 is 0.759 bits per heavy atom.